The van der Waals surface area contributed by atoms with Gasteiger partial charge in [0.2, 0.25) is 5.91 Å². The van der Waals surface area contributed by atoms with E-state index in [1.807, 2.05) is 4.90 Å². The number of likely N-dealkylation sites (tertiary alicyclic amines) is 1. The van der Waals surface area contributed by atoms with Gasteiger partial charge < -0.3 is 14.2 Å². The summed E-state index contributed by atoms with van der Waals surface area (Å²) in [5, 5.41) is 0.574. The molecular weight excluding hydrogens is 335 g/mol. The van der Waals surface area contributed by atoms with Crippen LogP contribution in [0.4, 0.5) is 4.39 Å². The Morgan fingerprint density at radius 3 is 2.85 bits per heavy atom. The molecule has 1 aromatic carbocycles. The maximum absolute atomic E-state index is 13.3. The summed E-state index contributed by atoms with van der Waals surface area (Å²) < 4.78 is 18.9. The van der Waals surface area contributed by atoms with Crippen LogP contribution in [0, 0.1) is 11.7 Å². The second-order valence-electron chi connectivity index (χ2n) is 7.53. The van der Waals surface area contributed by atoms with Crippen LogP contribution in [0.25, 0.3) is 11.0 Å². The Bertz CT molecular complexity index is 841. The number of furan rings is 1. The van der Waals surface area contributed by atoms with Gasteiger partial charge in [0.25, 0.3) is 5.91 Å². The number of rotatable bonds is 4. The average molecular weight is 358 g/mol. The largest absolute Gasteiger partial charge is 0.451 e. The summed E-state index contributed by atoms with van der Waals surface area (Å²) in [6.45, 7) is 1.24. The van der Waals surface area contributed by atoms with Crippen molar-refractivity contribution in [2.24, 2.45) is 5.92 Å². The van der Waals surface area contributed by atoms with Crippen molar-refractivity contribution in [1.29, 1.82) is 0 Å². The van der Waals surface area contributed by atoms with E-state index in [1.165, 1.54) is 31.0 Å². The normalized spacial score (nSPS) is 21.1. The van der Waals surface area contributed by atoms with Crippen molar-refractivity contribution in [2.75, 3.05) is 20.1 Å². The summed E-state index contributed by atoms with van der Waals surface area (Å²) in [5.74, 6) is -0.0404. The molecular formula is C20H23FN2O3. The lowest BCUT2D eigenvalue weighted by molar-refractivity contribution is -0.129. The SMILES string of the molecule is CN(C[C@@H]1CC(=O)N(C2CCCC2)C1)C(=O)c1cc2cc(F)ccc2o1. The molecule has 2 aromatic rings. The summed E-state index contributed by atoms with van der Waals surface area (Å²) in [7, 11) is 1.72. The lowest BCUT2D eigenvalue weighted by Crippen LogP contribution is -2.36. The number of halogens is 1. The third-order valence-electron chi connectivity index (χ3n) is 5.57. The Kier molecular flexibility index (Phi) is 4.42. The number of benzene rings is 1. The first-order valence-corrected chi connectivity index (χ1v) is 9.25. The molecule has 1 saturated heterocycles. The number of fused-ring (bicyclic) bond motifs is 1. The highest BCUT2D eigenvalue weighted by Crippen LogP contribution is 2.30. The number of carbonyl (C=O) groups is 2. The van der Waals surface area contributed by atoms with E-state index >= 15 is 0 Å². The summed E-state index contributed by atoms with van der Waals surface area (Å²) in [6.07, 6.45) is 5.10. The molecule has 5 nitrogen and oxygen atoms in total. The number of carbonyl (C=O) groups excluding carboxylic acids is 2. The Morgan fingerprint density at radius 1 is 1.31 bits per heavy atom. The lowest BCUT2D eigenvalue weighted by atomic mass is 10.1. The Hall–Kier alpha value is -2.37. The highest BCUT2D eigenvalue weighted by molar-refractivity contribution is 5.96. The molecule has 0 bridgehead atoms. The highest BCUT2D eigenvalue weighted by atomic mass is 19.1. The van der Waals surface area contributed by atoms with Gasteiger partial charge in [0.05, 0.1) is 0 Å². The summed E-state index contributed by atoms with van der Waals surface area (Å²) in [5.41, 5.74) is 0.492. The highest BCUT2D eigenvalue weighted by Gasteiger charge is 2.36. The van der Waals surface area contributed by atoms with Gasteiger partial charge in [0.15, 0.2) is 5.76 Å². The van der Waals surface area contributed by atoms with Gasteiger partial charge in [-0.1, -0.05) is 12.8 Å². The molecule has 2 heterocycles. The fraction of sp³-hybridized carbons (Fsp3) is 0.500. The molecule has 4 rings (SSSR count). The van der Waals surface area contributed by atoms with Crippen LogP contribution in [-0.4, -0.2) is 47.8 Å². The van der Waals surface area contributed by atoms with Crippen molar-refractivity contribution in [3.63, 3.8) is 0 Å². The van der Waals surface area contributed by atoms with Crippen molar-refractivity contribution in [2.45, 2.75) is 38.1 Å². The maximum Gasteiger partial charge on any atom is 0.289 e. The minimum atomic E-state index is -0.359. The van der Waals surface area contributed by atoms with E-state index in [0.717, 1.165) is 19.4 Å². The van der Waals surface area contributed by atoms with E-state index in [9.17, 15) is 14.0 Å². The molecule has 6 heteroatoms. The van der Waals surface area contributed by atoms with Crippen molar-refractivity contribution >= 4 is 22.8 Å². The molecule has 1 saturated carbocycles. The summed E-state index contributed by atoms with van der Waals surface area (Å²) >= 11 is 0. The van der Waals surface area contributed by atoms with Crippen LogP contribution >= 0.6 is 0 Å². The van der Waals surface area contributed by atoms with E-state index in [1.54, 1.807) is 18.0 Å². The summed E-state index contributed by atoms with van der Waals surface area (Å²) in [6, 6.07) is 6.15. The smallest absolute Gasteiger partial charge is 0.289 e. The molecule has 0 N–H and O–H groups in total. The van der Waals surface area contributed by atoms with Gasteiger partial charge in [-0.3, -0.25) is 9.59 Å². The first-order chi connectivity index (χ1) is 12.5. The van der Waals surface area contributed by atoms with Crippen molar-refractivity contribution in [3.8, 4) is 0 Å². The molecule has 1 aliphatic carbocycles. The zero-order valence-corrected chi connectivity index (χ0v) is 14.9. The van der Waals surface area contributed by atoms with Gasteiger partial charge in [0, 0.05) is 43.9 Å². The maximum atomic E-state index is 13.3. The van der Waals surface area contributed by atoms with Gasteiger partial charge in [-0.2, -0.15) is 0 Å². The quantitative estimate of drug-likeness (QED) is 0.841. The zero-order valence-electron chi connectivity index (χ0n) is 14.9. The molecule has 0 spiro atoms. The van der Waals surface area contributed by atoms with Crippen LogP contribution in [0.1, 0.15) is 42.7 Å². The molecule has 2 fully saturated rings. The van der Waals surface area contributed by atoms with E-state index in [4.69, 9.17) is 4.42 Å². The third-order valence-corrected chi connectivity index (χ3v) is 5.57. The first kappa shape index (κ1) is 17.1. The number of hydrogen-bond donors (Lipinski definition) is 0. The third kappa shape index (κ3) is 3.20. The molecule has 138 valence electrons. The molecule has 1 aromatic heterocycles. The van der Waals surface area contributed by atoms with Gasteiger partial charge in [-0.15, -0.1) is 0 Å². The predicted molar refractivity (Wildman–Crippen MR) is 95.2 cm³/mol. The molecule has 2 aliphatic rings. The zero-order chi connectivity index (χ0) is 18.3. The lowest BCUT2D eigenvalue weighted by Gasteiger charge is -2.25. The minimum Gasteiger partial charge on any atom is -0.451 e. The van der Waals surface area contributed by atoms with E-state index < -0.39 is 0 Å². The Balaban J connectivity index is 1.41. The number of hydrogen-bond acceptors (Lipinski definition) is 3. The van der Waals surface area contributed by atoms with Crippen LogP contribution in [0.2, 0.25) is 0 Å². The van der Waals surface area contributed by atoms with Gasteiger partial charge >= 0.3 is 0 Å². The second kappa shape index (κ2) is 6.74. The fourth-order valence-electron chi connectivity index (χ4n) is 4.28. The molecule has 0 unspecified atom stereocenters. The van der Waals surface area contributed by atoms with Crippen LogP contribution in [-0.2, 0) is 4.79 Å². The standard InChI is InChI=1S/C20H23FN2O3/c1-22(11-13-8-19(24)23(12-13)16-4-2-3-5-16)20(25)18-10-14-9-15(21)6-7-17(14)26-18/h6-7,9-10,13,16H,2-5,8,11-12H2,1H3/t13-/m0/s1. The van der Waals surface area contributed by atoms with Crippen molar-refractivity contribution in [1.82, 2.24) is 9.80 Å². The van der Waals surface area contributed by atoms with Crippen molar-refractivity contribution < 1.29 is 18.4 Å². The van der Waals surface area contributed by atoms with E-state index in [-0.39, 0.29) is 29.3 Å². The monoisotopic (exact) mass is 358 g/mol. The van der Waals surface area contributed by atoms with Crippen molar-refractivity contribution in [3.05, 3.63) is 35.8 Å². The number of nitrogens with zero attached hydrogens (tertiary/aromatic N) is 2. The van der Waals surface area contributed by atoms with Crippen LogP contribution in [0.15, 0.2) is 28.7 Å². The number of amides is 2. The fourth-order valence-corrected chi connectivity index (χ4v) is 4.28. The Labute approximate surface area is 151 Å². The molecule has 1 aliphatic heterocycles. The summed E-state index contributed by atoms with van der Waals surface area (Å²) in [4.78, 5) is 28.6. The minimum absolute atomic E-state index is 0.152. The molecule has 26 heavy (non-hydrogen) atoms. The van der Waals surface area contributed by atoms with Crippen LogP contribution in [0.5, 0.6) is 0 Å². The first-order valence-electron chi connectivity index (χ1n) is 9.25. The van der Waals surface area contributed by atoms with Gasteiger partial charge in [-0.05, 0) is 37.1 Å². The predicted octanol–water partition coefficient (Wildman–Crippen LogP) is 3.44. The van der Waals surface area contributed by atoms with Gasteiger partial charge in [0.1, 0.15) is 11.4 Å². The van der Waals surface area contributed by atoms with E-state index in [0.29, 0.717) is 30.0 Å². The Morgan fingerprint density at radius 2 is 2.08 bits per heavy atom. The molecule has 2 amide bonds. The van der Waals surface area contributed by atoms with Crippen LogP contribution in [0.3, 0.4) is 0 Å². The van der Waals surface area contributed by atoms with Gasteiger partial charge in [-0.25, -0.2) is 4.39 Å². The molecule has 0 radical (unpaired) electrons. The average Bonchev–Trinajstić information content (AvgIpc) is 3.33. The topological polar surface area (TPSA) is 53.8 Å². The molecule has 1 atom stereocenters. The van der Waals surface area contributed by atoms with E-state index in [2.05, 4.69) is 0 Å². The van der Waals surface area contributed by atoms with Crippen LogP contribution < -0.4 is 0 Å². The second-order valence-corrected chi connectivity index (χ2v) is 7.53.